The van der Waals surface area contributed by atoms with E-state index in [2.05, 4.69) is 15.6 Å². The van der Waals surface area contributed by atoms with E-state index in [-0.39, 0.29) is 6.03 Å². The molecule has 122 valence electrons. The summed E-state index contributed by atoms with van der Waals surface area (Å²) in [6.07, 6.45) is 1.75. The highest BCUT2D eigenvalue weighted by Crippen LogP contribution is 2.21. The van der Waals surface area contributed by atoms with E-state index in [0.717, 1.165) is 22.5 Å². The van der Waals surface area contributed by atoms with Gasteiger partial charge in [0.1, 0.15) is 0 Å². The highest BCUT2D eigenvalue weighted by molar-refractivity contribution is 5.99. The van der Waals surface area contributed by atoms with Gasteiger partial charge in [0, 0.05) is 12.7 Å². The molecule has 0 saturated heterocycles. The summed E-state index contributed by atoms with van der Waals surface area (Å²) in [5, 5.41) is 5.62. The largest absolute Gasteiger partial charge is 0.326 e. The van der Waals surface area contributed by atoms with Crippen molar-refractivity contribution >= 4 is 17.7 Å². The van der Waals surface area contributed by atoms with E-state index in [1.807, 2.05) is 74.0 Å². The van der Waals surface area contributed by atoms with Crippen molar-refractivity contribution in [2.75, 3.05) is 10.6 Å². The molecule has 0 radical (unpaired) electrons. The number of anilines is 2. The molecule has 0 bridgehead atoms. The van der Waals surface area contributed by atoms with Crippen molar-refractivity contribution < 1.29 is 4.79 Å². The zero-order valence-electron chi connectivity index (χ0n) is 14.0. The molecule has 0 aliphatic heterocycles. The molecular formula is C19H20N4O. The Kier molecular flexibility index (Phi) is 4.33. The van der Waals surface area contributed by atoms with Gasteiger partial charge in [0.05, 0.1) is 11.9 Å². The molecule has 0 aliphatic carbocycles. The molecule has 24 heavy (non-hydrogen) atoms. The quantitative estimate of drug-likeness (QED) is 0.754. The van der Waals surface area contributed by atoms with E-state index in [9.17, 15) is 4.79 Å². The van der Waals surface area contributed by atoms with Crippen LogP contribution in [-0.2, 0) is 7.05 Å². The summed E-state index contributed by atoms with van der Waals surface area (Å²) in [6, 6.07) is 15.4. The molecule has 1 aromatic heterocycles. The summed E-state index contributed by atoms with van der Waals surface area (Å²) in [5.74, 6) is 0.496. The summed E-state index contributed by atoms with van der Waals surface area (Å²) in [5.41, 5.74) is 5.08. The van der Waals surface area contributed by atoms with Crippen molar-refractivity contribution in [2.24, 2.45) is 7.05 Å². The van der Waals surface area contributed by atoms with Crippen LogP contribution in [0.4, 0.5) is 16.4 Å². The van der Waals surface area contributed by atoms with E-state index in [0.29, 0.717) is 5.95 Å². The number of hydrogen-bond donors (Lipinski definition) is 2. The van der Waals surface area contributed by atoms with Crippen molar-refractivity contribution in [1.29, 1.82) is 0 Å². The first kappa shape index (κ1) is 15.8. The van der Waals surface area contributed by atoms with Crippen LogP contribution in [0.2, 0.25) is 0 Å². The lowest BCUT2D eigenvalue weighted by Gasteiger charge is -2.10. The summed E-state index contributed by atoms with van der Waals surface area (Å²) in [6.45, 7) is 4.06. The molecule has 2 amide bonds. The van der Waals surface area contributed by atoms with Gasteiger partial charge in [0.15, 0.2) is 0 Å². The number of urea groups is 1. The topological polar surface area (TPSA) is 59.0 Å². The van der Waals surface area contributed by atoms with Crippen molar-refractivity contribution in [1.82, 2.24) is 9.55 Å². The zero-order chi connectivity index (χ0) is 17.1. The molecule has 2 N–H and O–H groups in total. The third-order valence-electron chi connectivity index (χ3n) is 4.05. The van der Waals surface area contributed by atoms with Crippen molar-refractivity contribution in [3.8, 4) is 11.3 Å². The minimum Gasteiger partial charge on any atom is -0.313 e. The Labute approximate surface area is 141 Å². The maximum absolute atomic E-state index is 12.2. The minimum absolute atomic E-state index is 0.313. The molecule has 5 heteroatoms. The van der Waals surface area contributed by atoms with Crippen LogP contribution in [0.5, 0.6) is 0 Å². The average Bonchev–Trinajstić information content (AvgIpc) is 2.92. The van der Waals surface area contributed by atoms with Crippen LogP contribution in [0.15, 0.2) is 54.7 Å². The lowest BCUT2D eigenvalue weighted by atomic mass is 10.1. The van der Waals surface area contributed by atoms with Crippen LogP contribution in [0.1, 0.15) is 11.1 Å². The van der Waals surface area contributed by atoms with Crippen LogP contribution < -0.4 is 10.6 Å². The number of carbonyl (C=O) groups excluding carboxylic acids is 1. The first-order valence-corrected chi connectivity index (χ1v) is 7.77. The van der Waals surface area contributed by atoms with Crippen LogP contribution >= 0.6 is 0 Å². The fraction of sp³-hybridized carbons (Fsp3) is 0.158. The first-order valence-electron chi connectivity index (χ1n) is 7.77. The van der Waals surface area contributed by atoms with E-state index in [1.54, 1.807) is 6.20 Å². The predicted octanol–water partition coefficient (Wildman–Crippen LogP) is 4.35. The normalized spacial score (nSPS) is 10.5. The molecule has 3 aromatic rings. The molecule has 0 spiro atoms. The van der Waals surface area contributed by atoms with Crippen LogP contribution in [0.3, 0.4) is 0 Å². The fourth-order valence-electron chi connectivity index (χ4n) is 2.49. The lowest BCUT2D eigenvalue weighted by molar-refractivity contribution is 0.262. The standard InChI is InChI=1S/C19H20N4O/c1-13-9-10-16(11-14(13)2)21-19(24)22-18-20-12-17(23(18)3)15-7-5-4-6-8-15/h4-12H,1-3H3,(H2,20,21,22,24). The second kappa shape index (κ2) is 6.58. The molecule has 1 heterocycles. The SMILES string of the molecule is Cc1ccc(NC(=O)Nc2ncc(-c3ccccc3)n2C)cc1C. The van der Waals surface area contributed by atoms with Gasteiger partial charge in [-0.25, -0.2) is 9.78 Å². The summed E-state index contributed by atoms with van der Waals surface area (Å²) in [7, 11) is 1.88. The van der Waals surface area contributed by atoms with Gasteiger partial charge in [-0.15, -0.1) is 0 Å². The zero-order valence-corrected chi connectivity index (χ0v) is 14.0. The van der Waals surface area contributed by atoms with Crippen molar-refractivity contribution in [2.45, 2.75) is 13.8 Å². The number of aromatic nitrogens is 2. The van der Waals surface area contributed by atoms with Gasteiger partial charge in [-0.3, -0.25) is 5.32 Å². The highest BCUT2D eigenvalue weighted by atomic mass is 16.2. The Morgan fingerprint density at radius 2 is 1.75 bits per heavy atom. The molecule has 5 nitrogen and oxygen atoms in total. The van der Waals surface area contributed by atoms with E-state index in [1.165, 1.54) is 5.56 Å². The molecule has 0 aliphatic rings. The van der Waals surface area contributed by atoms with Gasteiger partial charge >= 0.3 is 6.03 Å². The average molecular weight is 320 g/mol. The molecule has 2 aromatic carbocycles. The van der Waals surface area contributed by atoms with Gasteiger partial charge in [0.2, 0.25) is 5.95 Å². The third-order valence-corrected chi connectivity index (χ3v) is 4.05. The highest BCUT2D eigenvalue weighted by Gasteiger charge is 2.11. The van der Waals surface area contributed by atoms with Crippen LogP contribution in [0, 0.1) is 13.8 Å². The Hall–Kier alpha value is -3.08. The minimum atomic E-state index is -0.313. The summed E-state index contributed by atoms with van der Waals surface area (Å²) >= 11 is 0. The number of amides is 2. The Morgan fingerprint density at radius 1 is 1.00 bits per heavy atom. The number of aryl methyl sites for hydroxylation is 2. The van der Waals surface area contributed by atoms with E-state index in [4.69, 9.17) is 0 Å². The number of carbonyl (C=O) groups is 1. The molecular weight excluding hydrogens is 300 g/mol. The van der Waals surface area contributed by atoms with Crippen LogP contribution in [0.25, 0.3) is 11.3 Å². The molecule has 0 unspecified atom stereocenters. The Bertz CT molecular complexity index is 868. The van der Waals surface area contributed by atoms with Gasteiger partial charge < -0.3 is 9.88 Å². The maximum Gasteiger partial charge on any atom is 0.326 e. The lowest BCUT2D eigenvalue weighted by Crippen LogP contribution is -2.21. The number of hydrogen-bond acceptors (Lipinski definition) is 2. The van der Waals surface area contributed by atoms with Crippen molar-refractivity contribution in [3.05, 3.63) is 65.9 Å². The second-order valence-corrected chi connectivity index (χ2v) is 5.77. The van der Waals surface area contributed by atoms with E-state index < -0.39 is 0 Å². The number of nitrogens with zero attached hydrogens (tertiary/aromatic N) is 2. The van der Waals surface area contributed by atoms with Crippen LogP contribution in [-0.4, -0.2) is 15.6 Å². The van der Waals surface area contributed by atoms with Crippen molar-refractivity contribution in [3.63, 3.8) is 0 Å². The summed E-state index contributed by atoms with van der Waals surface area (Å²) in [4.78, 5) is 16.5. The molecule has 0 atom stereocenters. The van der Waals surface area contributed by atoms with Gasteiger partial charge in [-0.2, -0.15) is 0 Å². The molecule has 3 rings (SSSR count). The first-order chi connectivity index (χ1) is 11.5. The summed E-state index contributed by atoms with van der Waals surface area (Å²) < 4.78 is 1.86. The van der Waals surface area contributed by atoms with E-state index >= 15 is 0 Å². The molecule has 0 fully saturated rings. The Balaban J connectivity index is 1.73. The van der Waals surface area contributed by atoms with Gasteiger partial charge in [0.25, 0.3) is 0 Å². The number of rotatable bonds is 3. The van der Waals surface area contributed by atoms with Gasteiger partial charge in [-0.05, 0) is 42.7 Å². The monoisotopic (exact) mass is 320 g/mol. The Morgan fingerprint density at radius 3 is 2.46 bits per heavy atom. The molecule has 0 saturated carbocycles. The predicted molar refractivity (Wildman–Crippen MR) is 97.2 cm³/mol. The third kappa shape index (κ3) is 3.30. The maximum atomic E-state index is 12.2. The van der Waals surface area contributed by atoms with Gasteiger partial charge in [-0.1, -0.05) is 36.4 Å². The number of benzene rings is 2. The number of imidazole rings is 1. The smallest absolute Gasteiger partial charge is 0.313 e. The fourth-order valence-corrected chi connectivity index (χ4v) is 2.49. The number of nitrogens with one attached hydrogen (secondary N) is 2. The second-order valence-electron chi connectivity index (χ2n) is 5.77.